The molecule has 112 valence electrons. The maximum Gasteiger partial charge on any atom is 0.269 e. The molecule has 0 unspecified atom stereocenters. The van der Waals surface area contributed by atoms with Crippen LogP contribution in [0.1, 0.15) is 32.6 Å². The van der Waals surface area contributed by atoms with E-state index in [1.807, 2.05) is 24.3 Å². The summed E-state index contributed by atoms with van der Waals surface area (Å²) in [5, 5.41) is 10.5. The van der Waals surface area contributed by atoms with Crippen LogP contribution >= 0.6 is 11.5 Å². The fourth-order valence-electron chi connectivity index (χ4n) is 1.99. The molecule has 7 nitrogen and oxygen atoms in total. The second-order valence-corrected chi connectivity index (χ2v) is 5.46. The molecule has 1 aromatic carbocycles. The molecule has 2 heterocycles. The van der Waals surface area contributed by atoms with Crippen molar-refractivity contribution in [1.29, 1.82) is 0 Å². The lowest BCUT2D eigenvalue weighted by molar-refractivity contribution is 0.102. The molecule has 0 fully saturated rings. The Bertz CT molecular complexity index is 811. The molecule has 0 saturated heterocycles. The molecule has 3 rings (SSSR count). The van der Waals surface area contributed by atoms with Crippen LogP contribution in [0.5, 0.6) is 0 Å². The van der Waals surface area contributed by atoms with Crippen LogP contribution in [-0.2, 0) is 6.42 Å². The van der Waals surface area contributed by atoms with Crippen molar-refractivity contribution in [3.63, 3.8) is 0 Å². The topological polar surface area (TPSA) is 93.8 Å². The van der Waals surface area contributed by atoms with Gasteiger partial charge in [-0.3, -0.25) is 4.79 Å². The summed E-state index contributed by atoms with van der Waals surface area (Å²) in [6, 6.07) is 7.50. The Balaban J connectivity index is 1.82. The number of benzene rings is 1. The van der Waals surface area contributed by atoms with Crippen molar-refractivity contribution in [2.45, 2.75) is 20.3 Å². The minimum absolute atomic E-state index is 0.221. The maximum atomic E-state index is 12.3. The van der Waals surface area contributed by atoms with Crippen molar-refractivity contribution in [2.24, 2.45) is 0 Å². The number of aryl methyl sites for hydroxylation is 2. The minimum atomic E-state index is -0.221. The molecule has 3 aromatic rings. The number of aromatic nitrogens is 4. The molecule has 0 aliphatic carbocycles. The number of hydrogen-bond acceptors (Lipinski definition) is 7. The van der Waals surface area contributed by atoms with E-state index < -0.39 is 0 Å². The summed E-state index contributed by atoms with van der Waals surface area (Å²) in [6.07, 6.45) is 0.456. The number of carbonyl (C=O) groups excluding carboxylic acids is 1. The number of anilines is 1. The summed E-state index contributed by atoms with van der Waals surface area (Å²) in [6.45, 7) is 3.52. The van der Waals surface area contributed by atoms with Crippen molar-refractivity contribution >= 4 is 23.1 Å². The molecule has 22 heavy (non-hydrogen) atoms. The van der Waals surface area contributed by atoms with E-state index in [1.54, 1.807) is 13.8 Å². The number of amides is 1. The zero-order valence-electron chi connectivity index (χ0n) is 12.0. The summed E-state index contributed by atoms with van der Waals surface area (Å²) in [5.74, 6) is 0.874. The van der Waals surface area contributed by atoms with Gasteiger partial charge in [-0.25, -0.2) is 0 Å². The molecule has 8 heteroatoms. The van der Waals surface area contributed by atoms with Gasteiger partial charge in [-0.2, -0.15) is 4.98 Å². The van der Waals surface area contributed by atoms with Gasteiger partial charge in [0, 0.05) is 5.69 Å². The van der Waals surface area contributed by atoms with Crippen LogP contribution in [0.3, 0.4) is 0 Å². The average Bonchev–Trinajstić information content (AvgIpc) is 3.09. The highest BCUT2D eigenvalue weighted by atomic mass is 32.1. The van der Waals surface area contributed by atoms with Crippen LogP contribution in [-0.4, -0.2) is 25.6 Å². The van der Waals surface area contributed by atoms with E-state index in [0.29, 0.717) is 34.4 Å². The van der Waals surface area contributed by atoms with Crippen LogP contribution in [0, 0.1) is 13.8 Å². The number of hydrogen-bond donors (Lipinski definition) is 1. The molecule has 0 aliphatic rings. The van der Waals surface area contributed by atoms with E-state index in [-0.39, 0.29) is 5.91 Å². The van der Waals surface area contributed by atoms with E-state index in [2.05, 4.69) is 25.0 Å². The van der Waals surface area contributed by atoms with Crippen LogP contribution in [0.4, 0.5) is 5.69 Å². The summed E-state index contributed by atoms with van der Waals surface area (Å²) >= 11 is 1.08. The molecular formula is C14H13N5O2S. The fourth-order valence-corrected chi connectivity index (χ4v) is 2.54. The minimum Gasteiger partial charge on any atom is -0.339 e. The highest BCUT2D eigenvalue weighted by Gasteiger charge is 2.15. The first kappa shape index (κ1) is 14.3. The Hall–Kier alpha value is -2.61. The van der Waals surface area contributed by atoms with Gasteiger partial charge >= 0.3 is 0 Å². The third kappa shape index (κ3) is 3.01. The van der Waals surface area contributed by atoms with Crippen LogP contribution in [0.15, 0.2) is 28.8 Å². The number of rotatable bonds is 4. The molecule has 0 atom stereocenters. The molecule has 1 N–H and O–H groups in total. The number of carbonyl (C=O) groups is 1. The van der Waals surface area contributed by atoms with E-state index in [1.165, 1.54) is 0 Å². The van der Waals surface area contributed by atoms with Crippen molar-refractivity contribution in [1.82, 2.24) is 19.7 Å². The quantitative estimate of drug-likeness (QED) is 0.794. The lowest BCUT2D eigenvalue weighted by atomic mass is 10.1. The summed E-state index contributed by atoms with van der Waals surface area (Å²) in [5.41, 5.74) is 2.22. The zero-order chi connectivity index (χ0) is 15.5. The second kappa shape index (κ2) is 6.02. The van der Waals surface area contributed by atoms with Gasteiger partial charge in [-0.1, -0.05) is 27.8 Å². The van der Waals surface area contributed by atoms with Gasteiger partial charge in [0.05, 0.1) is 12.1 Å². The Morgan fingerprint density at radius 2 is 2.14 bits per heavy atom. The lowest BCUT2D eigenvalue weighted by Crippen LogP contribution is -2.13. The second-order valence-electron chi connectivity index (χ2n) is 4.71. The Morgan fingerprint density at radius 3 is 2.82 bits per heavy atom. The largest absolute Gasteiger partial charge is 0.339 e. The first-order chi connectivity index (χ1) is 10.6. The Morgan fingerprint density at radius 1 is 1.32 bits per heavy atom. The molecule has 0 spiro atoms. The molecule has 1 amide bonds. The number of nitrogens with one attached hydrogen (secondary N) is 1. The zero-order valence-corrected chi connectivity index (χ0v) is 12.8. The van der Waals surface area contributed by atoms with Crippen molar-refractivity contribution < 1.29 is 9.32 Å². The predicted molar refractivity (Wildman–Crippen MR) is 80.9 cm³/mol. The summed E-state index contributed by atoms with van der Waals surface area (Å²) in [7, 11) is 0. The van der Waals surface area contributed by atoms with Gasteiger partial charge in [-0.15, -0.1) is 5.10 Å². The van der Waals surface area contributed by atoms with E-state index in [9.17, 15) is 4.79 Å². The standard InChI is InChI=1S/C14H13N5O2S/c1-8-13(22-19-17-8)14(20)16-11-6-4-3-5-10(11)7-12-15-9(2)18-21-12/h3-6H,7H2,1-2H3,(H,16,20). The Labute approximate surface area is 130 Å². The summed E-state index contributed by atoms with van der Waals surface area (Å²) in [4.78, 5) is 17.0. The van der Waals surface area contributed by atoms with Crippen LogP contribution < -0.4 is 5.32 Å². The third-order valence-electron chi connectivity index (χ3n) is 3.03. The highest BCUT2D eigenvalue weighted by molar-refractivity contribution is 7.08. The van der Waals surface area contributed by atoms with Gasteiger partial charge in [-0.05, 0) is 37.0 Å². The van der Waals surface area contributed by atoms with Gasteiger partial charge in [0.15, 0.2) is 5.82 Å². The third-order valence-corrected chi connectivity index (χ3v) is 3.86. The monoisotopic (exact) mass is 315 g/mol. The number of para-hydroxylation sites is 1. The molecule has 0 bridgehead atoms. The molecule has 0 saturated carbocycles. The lowest BCUT2D eigenvalue weighted by Gasteiger charge is -2.08. The molecule has 2 aromatic heterocycles. The average molecular weight is 315 g/mol. The normalized spacial score (nSPS) is 10.6. The van der Waals surface area contributed by atoms with Gasteiger partial charge in [0.25, 0.3) is 5.91 Å². The smallest absolute Gasteiger partial charge is 0.269 e. The van der Waals surface area contributed by atoms with Crippen molar-refractivity contribution in [3.05, 3.63) is 52.1 Å². The molecule has 0 aliphatic heterocycles. The van der Waals surface area contributed by atoms with Crippen molar-refractivity contribution in [2.75, 3.05) is 5.32 Å². The van der Waals surface area contributed by atoms with Gasteiger partial charge in [0.1, 0.15) is 4.88 Å². The maximum absolute atomic E-state index is 12.3. The van der Waals surface area contributed by atoms with Gasteiger partial charge < -0.3 is 9.84 Å². The predicted octanol–water partition coefficient (Wildman–Crippen LogP) is 2.38. The van der Waals surface area contributed by atoms with Crippen LogP contribution in [0.2, 0.25) is 0 Å². The molecule has 0 radical (unpaired) electrons. The first-order valence-electron chi connectivity index (χ1n) is 6.61. The van der Waals surface area contributed by atoms with Crippen molar-refractivity contribution in [3.8, 4) is 0 Å². The first-order valence-corrected chi connectivity index (χ1v) is 7.38. The Kier molecular flexibility index (Phi) is 3.92. The highest BCUT2D eigenvalue weighted by Crippen LogP contribution is 2.20. The van der Waals surface area contributed by atoms with E-state index in [4.69, 9.17) is 4.52 Å². The number of nitrogens with zero attached hydrogens (tertiary/aromatic N) is 4. The SMILES string of the molecule is Cc1noc(Cc2ccccc2NC(=O)c2snnc2C)n1. The van der Waals surface area contributed by atoms with E-state index >= 15 is 0 Å². The van der Waals surface area contributed by atoms with E-state index in [0.717, 1.165) is 17.1 Å². The summed E-state index contributed by atoms with van der Waals surface area (Å²) < 4.78 is 8.90. The fraction of sp³-hybridized carbons (Fsp3) is 0.214. The molecular weight excluding hydrogens is 302 g/mol. The van der Waals surface area contributed by atoms with Crippen LogP contribution in [0.25, 0.3) is 0 Å². The van der Waals surface area contributed by atoms with Gasteiger partial charge in [0.2, 0.25) is 5.89 Å².